The second kappa shape index (κ2) is 8.16. The minimum absolute atomic E-state index is 0.0818. The Labute approximate surface area is 184 Å². The highest BCUT2D eigenvalue weighted by Crippen LogP contribution is 2.38. The number of nitrogens with one attached hydrogen (secondary N) is 1. The molecule has 2 aliphatic heterocycles. The van der Waals surface area contributed by atoms with Crippen molar-refractivity contribution in [1.82, 2.24) is 19.5 Å². The van der Waals surface area contributed by atoms with E-state index in [0.717, 1.165) is 6.42 Å². The SMILES string of the molecule is CC1CC(F)=C(C2CCCN2c2ccn3ncc(NC(=O)N4CCC(O)C4)c3n2)C=C1F. The molecule has 2 amide bonds. The van der Waals surface area contributed by atoms with Crippen LogP contribution in [0.2, 0.25) is 0 Å². The lowest BCUT2D eigenvalue weighted by atomic mass is 9.91. The van der Waals surface area contributed by atoms with Crippen molar-refractivity contribution in [2.24, 2.45) is 5.92 Å². The van der Waals surface area contributed by atoms with Crippen molar-refractivity contribution in [1.29, 1.82) is 0 Å². The number of allylic oxidation sites excluding steroid dienone is 2. The van der Waals surface area contributed by atoms with E-state index < -0.39 is 12.0 Å². The molecule has 8 nitrogen and oxygen atoms in total. The molecule has 2 aromatic heterocycles. The Hall–Kier alpha value is -3.01. The van der Waals surface area contributed by atoms with Gasteiger partial charge >= 0.3 is 6.03 Å². The highest BCUT2D eigenvalue weighted by molar-refractivity contribution is 5.93. The van der Waals surface area contributed by atoms with Crippen LogP contribution in [0.4, 0.5) is 25.1 Å². The first-order chi connectivity index (χ1) is 15.4. The van der Waals surface area contributed by atoms with Crippen molar-refractivity contribution < 1.29 is 18.7 Å². The molecule has 3 atom stereocenters. The van der Waals surface area contributed by atoms with Gasteiger partial charge in [0.25, 0.3) is 0 Å². The number of fused-ring (bicyclic) bond motifs is 1. The Morgan fingerprint density at radius 1 is 1.28 bits per heavy atom. The number of hydrogen-bond acceptors (Lipinski definition) is 5. The van der Waals surface area contributed by atoms with E-state index in [1.807, 2.05) is 4.90 Å². The predicted molar refractivity (Wildman–Crippen MR) is 116 cm³/mol. The fraction of sp³-hybridized carbons (Fsp3) is 0.500. The number of hydrogen-bond donors (Lipinski definition) is 2. The van der Waals surface area contributed by atoms with Crippen molar-refractivity contribution in [2.45, 2.75) is 44.8 Å². The number of nitrogens with zero attached hydrogens (tertiary/aromatic N) is 5. The molecule has 0 bridgehead atoms. The average molecular weight is 444 g/mol. The van der Waals surface area contributed by atoms with E-state index >= 15 is 0 Å². The third kappa shape index (κ3) is 3.72. The third-order valence-electron chi connectivity index (χ3n) is 6.52. The van der Waals surface area contributed by atoms with Crippen LogP contribution < -0.4 is 10.2 Å². The molecule has 4 heterocycles. The number of β-amino-alcohol motifs (C(OH)–C–C–N with tert-alkyl or cyclic N) is 1. The molecule has 32 heavy (non-hydrogen) atoms. The fourth-order valence-electron chi connectivity index (χ4n) is 4.72. The summed E-state index contributed by atoms with van der Waals surface area (Å²) in [6.45, 7) is 3.14. The summed E-state index contributed by atoms with van der Waals surface area (Å²) in [5, 5.41) is 16.7. The average Bonchev–Trinajstić information content (AvgIpc) is 3.50. The summed E-state index contributed by atoms with van der Waals surface area (Å²) in [4.78, 5) is 20.8. The van der Waals surface area contributed by atoms with Crippen LogP contribution >= 0.6 is 0 Å². The summed E-state index contributed by atoms with van der Waals surface area (Å²) in [5.74, 6) is -0.357. The highest BCUT2D eigenvalue weighted by atomic mass is 19.1. The Bertz CT molecular complexity index is 1110. The van der Waals surface area contributed by atoms with Crippen LogP contribution in [0, 0.1) is 5.92 Å². The molecular formula is C22H26F2N6O2. The monoisotopic (exact) mass is 444 g/mol. The third-order valence-corrected chi connectivity index (χ3v) is 6.52. The standard InChI is InChI=1S/C22H26F2N6O2/c1-13-9-17(24)15(10-16(13)23)19-3-2-6-29(19)20-5-8-30-21(27-20)18(11-25-30)26-22(32)28-7-4-14(31)12-28/h5,8,10-11,13-14,19,31H,2-4,6-7,9,12H2,1H3,(H,26,32). The maximum atomic E-state index is 14.7. The number of halogens is 2. The second-order valence-electron chi connectivity index (χ2n) is 8.78. The maximum Gasteiger partial charge on any atom is 0.322 e. The molecule has 5 rings (SSSR count). The minimum atomic E-state index is -0.502. The maximum absolute atomic E-state index is 14.7. The molecular weight excluding hydrogens is 418 g/mol. The van der Waals surface area contributed by atoms with Gasteiger partial charge in [-0.1, -0.05) is 6.92 Å². The van der Waals surface area contributed by atoms with Gasteiger partial charge in [-0.25, -0.2) is 23.1 Å². The van der Waals surface area contributed by atoms with Gasteiger partial charge in [0.1, 0.15) is 23.2 Å². The smallest absolute Gasteiger partial charge is 0.322 e. The molecule has 2 aromatic rings. The molecule has 0 spiro atoms. The number of carbonyl (C=O) groups is 1. The van der Waals surface area contributed by atoms with Crippen LogP contribution in [-0.2, 0) is 0 Å². The van der Waals surface area contributed by atoms with Crippen LogP contribution in [-0.4, -0.2) is 62.4 Å². The van der Waals surface area contributed by atoms with Gasteiger partial charge < -0.3 is 20.2 Å². The van der Waals surface area contributed by atoms with E-state index in [-0.39, 0.29) is 30.1 Å². The zero-order valence-corrected chi connectivity index (χ0v) is 17.8. The van der Waals surface area contributed by atoms with Gasteiger partial charge in [-0.05, 0) is 31.4 Å². The Morgan fingerprint density at radius 2 is 2.12 bits per heavy atom. The predicted octanol–water partition coefficient (Wildman–Crippen LogP) is 3.41. The lowest BCUT2D eigenvalue weighted by Crippen LogP contribution is -2.34. The summed E-state index contributed by atoms with van der Waals surface area (Å²) in [6, 6.07) is 1.20. The Balaban J connectivity index is 1.41. The largest absolute Gasteiger partial charge is 0.391 e. The van der Waals surface area contributed by atoms with E-state index in [4.69, 9.17) is 4.98 Å². The molecule has 2 fully saturated rings. The Kier molecular flexibility index (Phi) is 5.32. The normalized spacial score (nSPS) is 26.2. The lowest BCUT2D eigenvalue weighted by molar-refractivity contribution is 0.176. The molecule has 10 heteroatoms. The van der Waals surface area contributed by atoms with Crippen LogP contribution in [0.3, 0.4) is 0 Å². The van der Waals surface area contributed by atoms with Crippen LogP contribution in [0.15, 0.2) is 41.8 Å². The Morgan fingerprint density at radius 3 is 2.91 bits per heavy atom. The number of likely N-dealkylation sites (tertiary alicyclic amines) is 1. The number of anilines is 2. The minimum Gasteiger partial charge on any atom is -0.391 e. The number of urea groups is 1. The quantitative estimate of drug-likeness (QED) is 0.758. The number of aliphatic hydroxyl groups excluding tert-OH is 1. The molecule has 2 N–H and O–H groups in total. The first-order valence-electron chi connectivity index (χ1n) is 11.0. The summed E-state index contributed by atoms with van der Waals surface area (Å²) in [7, 11) is 0. The van der Waals surface area contributed by atoms with Crippen molar-refractivity contribution in [3.63, 3.8) is 0 Å². The molecule has 0 aromatic carbocycles. The number of aliphatic hydroxyl groups is 1. The van der Waals surface area contributed by atoms with E-state index in [1.165, 1.54) is 12.3 Å². The molecule has 3 aliphatic rings. The van der Waals surface area contributed by atoms with Crippen molar-refractivity contribution in [3.05, 3.63) is 41.8 Å². The van der Waals surface area contributed by atoms with E-state index in [2.05, 4.69) is 10.4 Å². The van der Waals surface area contributed by atoms with E-state index in [0.29, 0.717) is 55.2 Å². The summed E-state index contributed by atoms with van der Waals surface area (Å²) < 4.78 is 30.5. The zero-order valence-electron chi connectivity index (χ0n) is 17.8. The van der Waals surface area contributed by atoms with Gasteiger partial charge in [-0.3, -0.25) is 0 Å². The van der Waals surface area contributed by atoms with Gasteiger partial charge in [0, 0.05) is 43.7 Å². The van der Waals surface area contributed by atoms with Gasteiger partial charge in [-0.2, -0.15) is 5.10 Å². The topological polar surface area (TPSA) is 86.0 Å². The van der Waals surface area contributed by atoms with E-state index in [9.17, 15) is 18.7 Å². The van der Waals surface area contributed by atoms with Crippen LogP contribution in [0.25, 0.3) is 5.65 Å². The number of amides is 2. The van der Waals surface area contributed by atoms with Crippen molar-refractivity contribution in [2.75, 3.05) is 29.9 Å². The highest BCUT2D eigenvalue weighted by Gasteiger charge is 2.33. The van der Waals surface area contributed by atoms with Crippen molar-refractivity contribution >= 4 is 23.2 Å². The molecule has 0 saturated carbocycles. The van der Waals surface area contributed by atoms with Crippen molar-refractivity contribution in [3.8, 4) is 0 Å². The van der Waals surface area contributed by atoms with E-state index in [1.54, 1.807) is 28.6 Å². The van der Waals surface area contributed by atoms with Gasteiger partial charge in [-0.15, -0.1) is 0 Å². The van der Waals surface area contributed by atoms with Crippen LogP contribution in [0.1, 0.15) is 32.6 Å². The fourth-order valence-corrected chi connectivity index (χ4v) is 4.72. The van der Waals surface area contributed by atoms with Gasteiger partial charge in [0.05, 0.1) is 18.3 Å². The molecule has 170 valence electrons. The summed E-state index contributed by atoms with van der Waals surface area (Å²) in [6.07, 6.45) is 6.32. The molecule has 1 aliphatic carbocycles. The van der Waals surface area contributed by atoms with Gasteiger partial charge in [0.2, 0.25) is 0 Å². The molecule has 3 unspecified atom stereocenters. The van der Waals surface area contributed by atoms with Gasteiger partial charge in [0.15, 0.2) is 5.65 Å². The lowest BCUT2D eigenvalue weighted by Gasteiger charge is -2.29. The summed E-state index contributed by atoms with van der Waals surface area (Å²) >= 11 is 0. The van der Waals surface area contributed by atoms with Crippen LogP contribution in [0.5, 0.6) is 0 Å². The zero-order chi connectivity index (χ0) is 22.4. The summed E-state index contributed by atoms with van der Waals surface area (Å²) in [5.41, 5.74) is 1.32. The first kappa shape index (κ1) is 20.9. The number of carbonyl (C=O) groups excluding carboxylic acids is 1. The number of aromatic nitrogens is 3. The first-order valence-corrected chi connectivity index (χ1v) is 11.0. The second-order valence-corrected chi connectivity index (χ2v) is 8.78. The molecule has 0 radical (unpaired) electrons. The number of rotatable bonds is 3. The molecule has 2 saturated heterocycles.